The van der Waals surface area contributed by atoms with Crippen LogP contribution in [-0.4, -0.2) is 31.6 Å². The summed E-state index contributed by atoms with van der Waals surface area (Å²) in [6, 6.07) is 12.9. The fourth-order valence-electron chi connectivity index (χ4n) is 1.95. The lowest BCUT2D eigenvalue weighted by Gasteiger charge is -2.09. The van der Waals surface area contributed by atoms with Gasteiger partial charge in [-0.05, 0) is 36.4 Å². The predicted molar refractivity (Wildman–Crippen MR) is 94.3 cm³/mol. The summed E-state index contributed by atoms with van der Waals surface area (Å²) in [4.78, 5) is 34.6. The number of carbonyl (C=O) groups is 3. The summed E-state index contributed by atoms with van der Waals surface area (Å²) in [5.74, 6) is -0.362. The number of benzene rings is 2. The molecule has 2 rings (SSSR count). The van der Waals surface area contributed by atoms with Crippen molar-refractivity contribution in [2.24, 2.45) is 0 Å². The molecule has 7 nitrogen and oxygen atoms in total. The van der Waals surface area contributed by atoms with Crippen LogP contribution in [0.5, 0.6) is 11.5 Å². The molecule has 0 bridgehead atoms. The third-order valence-electron chi connectivity index (χ3n) is 3.31. The van der Waals surface area contributed by atoms with Crippen molar-refractivity contribution in [1.82, 2.24) is 0 Å². The second kappa shape index (κ2) is 9.22. The van der Waals surface area contributed by atoms with Crippen molar-refractivity contribution < 1.29 is 28.6 Å². The minimum absolute atomic E-state index is 0.216. The van der Waals surface area contributed by atoms with Crippen LogP contribution in [0.4, 0.5) is 5.69 Å². The highest BCUT2D eigenvalue weighted by molar-refractivity contribution is 6.04. The molecule has 0 heterocycles. The van der Waals surface area contributed by atoms with E-state index in [2.05, 4.69) is 10.1 Å². The minimum atomic E-state index is -0.497. The van der Waals surface area contributed by atoms with E-state index in [1.54, 1.807) is 55.5 Å². The van der Waals surface area contributed by atoms with Gasteiger partial charge in [0.2, 0.25) is 0 Å². The molecule has 7 heteroatoms. The van der Waals surface area contributed by atoms with Crippen LogP contribution in [0.2, 0.25) is 0 Å². The molecule has 2 aromatic rings. The van der Waals surface area contributed by atoms with Crippen LogP contribution in [0, 0.1) is 0 Å². The number of amides is 1. The molecule has 0 fully saturated rings. The van der Waals surface area contributed by atoms with E-state index in [-0.39, 0.29) is 24.9 Å². The van der Waals surface area contributed by atoms with Gasteiger partial charge in [0.25, 0.3) is 5.91 Å². The van der Waals surface area contributed by atoms with E-state index in [4.69, 9.17) is 9.47 Å². The van der Waals surface area contributed by atoms with E-state index in [9.17, 15) is 14.4 Å². The second-order valence-corrected chi connectivity index (χ2v) is 5.20. The first kappa shape index (κ1) is 19.0. The molecule has 136 valence electrons. The van der Waals surface area contributed by atoms with Crippen molar-refractivity contribution >= 4 is 23.5 Å². The number of ether oxygens (including phenoxy) is 3. The van der Waals surface area contributed by atoms with Gasteiger partial charge in [0.05, 0.1) is 7.11 Å². The number of esters is 2. The molecule has 2 aromatic carbocycles. The van der Waals surface area contributed by atoms with Crippen LogP contribution >= 0.6 is 0 Å². The van der Waals surface area contributed by atoms with Gasteiger partial charge in [0, 0.05) is 23.7 Å². The third kappa shape index (κ3) is 5.62. The maximum Gasteiger partial charge on any atom is 0.343 e. The molecular weight excluding hydrogens is 338 g/mol. The SMILES string of the molecule is CCC(=O)Oc1ccc(C(=O)Nc2cccc(OCC(=O)OC)c2)cc1. The largest absolute Gasteiger partial charge is 0.482 e. The zero-order valence-corrected chi connectivity index (χ0v) is 14.5. The van der Waals surface area contributed by atoms with E-state index >= 15 is 0 Å². The van der Waals surface area contributed by atoms with Crippen molar-refractivity contribution in [2.75, 3.05) is 19.0 Å². The molecule has 0 spiro atoms. The van der Waals surface area contributed by atoms with Gasteiger partial charge in [0.15, 0.2) is 6.61 Å². The van der Waals surface area contributed by atoms with Crippen LogP contribution < -0.4 is 14.8 Å². The maximum atomic E-state index is 12.3. The van der Waals surface area contributed by atoms with Crippen molar-refractivity contribution in [3.05, 3.63) is 54.1 Å². The van der Waals surface area contributed by atoms with Gasteiger partial charge in [-0.1, -0.05) is 13.0 Å². The van der Waals surface area contributed by atoms with E-state index in [1.165, 1.54) is 7.11 Å². The van der Waals surface area contributed by atoms with Crippen LogP contribution in [0.25, 0.3) is 0 Å². The highest BCUT2D eigenvalue weighted by atomic mass is 16.6. The van der Waals surface area contributed by atoms with Gasteiger partial charge >= 0.3 is 11.9 Å². The van der Waals surface area contributed by atoms with Crippen LogP contribution in [0.15, 0.2) is 48.5 Å². The van der Waals surface area contributed by atoms with E-state index < -0.39 is 5.97 Å². The molecule has 1 amide bonds. The highest BCUT2D eigenvalue weighted by Crippen LogP contribution is 2.19. The lowest BCUT2D eigenvalue weighted by atomic mass is 10.2. The van der Waals surface area contributed by atoms with E-state index in [0.29, 0.717) is 22.7 Å². The fourth-order valence-corrected chi connectivity index (χ4v) is 1.95. The summed E-state index contributed by atoms with van der Waals surface area (Å²) in [5.41, 5.74) is 0.918. The first-order valence-electron chi connectivity index (χ1n) is 7.93. The standard InChI is InChI=1S/C19H19NO6/c1-3-17(21)26-15-9-7-13(8-10-15)19(23)20-14-5-4-6-16(11-14)25-12-18(22)24-2/h4-11H,3,12H2,1-2H3,(H,20,23). The predicted octanol–water partition coefficient (Wildman–Crippen LogP) is 2.81. The quantitative estimate of drug-likeness (QED) is 0.605. The summed E-state index contributed by atoms with van der Waals surface area (Å²) < 4.78 is 14.8. The molecule has 0 aliphatic carbocycles. The first-order chi connectivity index (χ1) is 12.5. The maximum absolute atomic E-state index is 12.3. The Morgan fingerprint density at radius 1 is 0.962 bits per heavy atom. The van der Waals surface area contributed by atoms with Gasteiger partial charge in [-0.25, -0.2) is 4.79 Å². The molecule has 0 aliphatic rings. The summed E-state index contributed by atoms with van der Waals surface area (Å²) in [6.45, 7) is 1.49. The number of anilines is 1. The summed E-state index contributed by atoms with van der Waals surface area (Å²) >= 11 is 0. The Labute approximate surface area is 150 Å². The minimum Gasteiger partial charge on any atom is -0.482 e. The Bertz CT molecular complexity index is 785. The molecule has 0 aromatic heterocycles. The second-order valence-electron chi connectivity index (χ2n) is 5.20. The Morgan fingerprint density at radius 3 is 2.35 bits per heavy atom. The van der Waals surface area contributed by atoms with Crippen LogP contribution in [0.1, 0.15) is 23.7 Å². The fraction of sp³-hybridized carbons (Fsp3) is 0.211. The molecule has 0 aliphatic heterocycles. The molecule has 0 atom stereocenters. The molecule has 1 N–H and O–H groups in total. The van der Waals surface area contributed by atoms with Crippen molar-refractivity contribution in [1.29, 1.82) is 0 Å². The third-order valence-corrected chi connectivity index (χ3v) is 3.31. The summed E-state index contributed by atoms with van der Waals surface area (Å²) in [7, 11) is 1.27. The van der Waals surface area contributed by atoms with Gasteiger partial charge in [0.1, 0.15) is 11.5 Å². The van der Waals surface area contributed by atoms with E-state index in [1.807, 2.05) is 0 Å². The molecule has 0 radical (unpaired) electrons. The van der Waals surface area contributed by atoms with Gasteiger partial charge in [-0.2, -0.15) is 0 Å². The average Bonchev–Trinajstić information content (AvgIpc) is 2.66. The monoisotopic (exact) mass is 357 g/mol. The normalized spacial score (nSPS) is 9.92. The van der Waals surface area contributed by atoms with Crippen LogP contribution in [-0.2, 0) is 14.3 Å². The lowest BCUT2D eigenvalue weighted by molar-refractivity contribution is -0.143. The molecule has 0 unspecified atom stereocenters. The zero-order valence-electron chi connectivity index (χ0n) is 14.5. The van der Waals surface area contributed by atoms with Crippen LogP contribution in [0.3, 0.4) is 0 Å². The molecule has 0 saturated carbocycles. The number of methoxy groups -OCH3 is 1. The Morgan fingerprint density at radius 2 is 1.69 bits per heavy atom. The zero-order chi connectivity index (χ0) is 18.9. The number of rotatable bonds is 7. The Kier molecular flexibility index (Phi) is 6.73. The average molecular weight is 357 g/mol. The number of carbonyl (C=O) groups excluding carboxylic acids is 3. The van der Waals surface area contributed by atoms with Gasteiger partial charge in [-0.15, -0.1) is 0 Å². The summed E-state index contributed by atoms with van der Waals surface area (Å²) in [5, 5.41) is 2.73. The molecule has 26 heavy (non-hydrogen) atoms. The van der Waals surface area contributed by atoms with Crippen molar-refractivity contribution in [3.63, 3.8) is 0 Å². The van der Waals surface area contributed by atoms with Crippen molar-refractivity contribution in [2.45, 2.75) is 13.3 Å². The number of hydrogen-bond acceptors (Lipinski definition) is 6. The lowest BCUT2D eigenvalue weighted by Crippen LogP contribution is -2.14. The van der Waals surface area contributed by atoms with Gasteiger partial charge in [-0.3, -0.25) is 9.59 Å². The number of nitrogens with one attached hydrogen (secondary N) is 1. The molecular formula is C19H19NO6. The first-order valence-corrected chi connectivity index (χ1v) is 7.93. The Hall–Kier alpha value is -3.35. The summed E-state index contributed by atoms with van der Waals surface area (Å²) in [6.07, 6.45) is 0.274. The highest BCUT2D eigenvalue weighted by Gasteiger charge is 2.09. The van der Waals surface area contributed by atoms with Gasteiger partial charge < -0.3 is 19.5 Å². The topological polar surface area (TPSA) is 90.9 Å². The number of hydrogen-bond donors (Lipinski definition) is 1. The molecule has 0 saturated heterocycles. The smallest absolute Gasteiger partial charge is 0.343 e. The Balaban J connectivity index is 1.98. The van der Waals surface area contributed by atoms with Crippen molar-refractivity contribution in [3.8, 4) is 11.5 Å². The van der Waals surface area contributed by atoms with E-state index in [0.717, 1.165) is 0 Å².